The van der Waals surface area contributed by atoms with Crippen LogP contribution >= 0.6 is 23.2 Å². The quantitative estimate of drug-likeness (QED) is 0.208. The number of nitrogens with zero attached hydrogens (tertiary/aromatic N) is 1. The Kier molecular flexibility index (Phi) is 7.26. The Bertz CT molecular complexity index is 1350. The minimum atomic E-state index is -1.40. The van der Waals surface area contributed by atoms with Gasteiger partial charge in [0.25, 0.3) is 0 Å². The van der Waals surface area contributed by atoms with E-state index in [1.807, 2.05) is 16.8 Å². The molecule has 4 rings (SSSR count). The molecule has 0 saturated heterocycles. The molecule has 6 nitrogen and oxygen atoms in total. The average molecular weight is 504 g/mol. The smallest absolute Gasteiger partial charge is 0.488 e. The largest absolute Gasteiger partial charge is 0.511 e. The van der Waals surface area contributed by atoms with Crippen LogP contribution in [0.2, 0.25) is 10.0 Å². The van der Waals surface area contributed by atoms with Crippen LogP contribution in [0.3, 0.4) is 0 Å². The highest BCUT2D eigenvalue weighted by atomic mass is 35.5. The number of carbonyl (C=O) groups is 1. The number of hydrogen-bond acceptors (Lipinski definition) is 4. The molecule has 0 saturated carbocycles. The second-order valence-electron chi connectivity index (χ2n) is 7.51. The third kappa shape index (κ3) is 5.28. The molecular weight excluding hydrogens is 484 g/mol. The molecule has 0 aliphatic rings. The molecule has 9 heteroatoms. The third-order valence-electron chi connectivity index (χ3n) is 5.21. The molecule has 4 aromatic rings. The summed E-state index contributed by atoms with van der Waals surface area (Å²) in [6, 6.07) is 14.8. The predicted octanol–water partition coefficient (Wildman–Crippen LogP) is 6.92. The maximum atomic E-state index is 14.2. The predicted molar refractivity (Wildman–Crippen MR) is 128 cm³/mol. The van der Waals surface area contributed by atoms with Crippen LogP contribution in [0.1, 0.15) is 16.7 Å². The van der Waals surface area contributed by atoms with Crippen molar-refractivity contribution in [2.24, 2.45) is 0 Å². The average Bonchev–Trinajstić information content (AvgIpc) is 3.12. The first-order chi connectivity index (χ1) is 16.4. The van der Waals surface area contributed by atoms with Crippen molar-refractivity contribution >= 4 is 40.3 Å². The lowest BCUT2D eigenvalue weighted by Gasteiger charge is -2.14. The first kappa shape index (κ1) is 23.9. The van der Waals surface area contributed by atoms with E-state index in [4.69, 9.17) is 42.5 Å². The van der Waals surface area contributed by atoms with Crippen molar-refractivity contribution in [3.63, 3.8) is 0 Å². The Morgan fingerprint density at radius 3 is 2.47 bits per heavy atom. The van der Waals surface area contributed by atoms with E-state index >= 15 is 0 Å². The zero-order valence-corrected chi connectivity index (χ0v) is 19.6. The molecule has 0 bridgehead atoms. The van der Waals surface area contributed by atoms with Gasteiger partial charge in [0.05, 0.1) is 18.7 Å². The molecule has 0 unspecified atom stereocenters. The van der Waals surface area contributed by atoms with Gasteiger partial charge in [0.1, 0.15) is 23.9 Å². The van der Waals surface area contributed by atoms with E-state index in [-0.39, 0.29) is 19.0 Å². The summed E-state index contributed by atoms with van der Waals surface area (Å²) in [5.74, 6) is 0.304. The first-order valence-electron chi connectivity index (χ1n) is 10.2. The van der Waals surface area contributed by atoms with Gasteiger partial charge >= 0.3 is 6.16 Å². The summed E-state index contributed by atoms with van der Waals surface area (Å²) in [4.78, 5) is 11.2. The van der Waals surface area contributed by atoms with Gasteiger partial charge < -0.3 is 23.9 Å². The van der Waals surface area contributed by atoms with E-state index in [2.05, 4.69) is 0 Å². The summed E-state index contributed by atoms with van der Waals surface area (Å²) >= 11 is 12.1. The summed E-state index contributed by atoms with van der Waals surface area (Å²) in [6.45, 7) is 0.629. The van der Waals surface area contributed by atoms with Crippen LogP contribution in [-0.4, -0.2) is 22.9 Å². The standard InChI is InChI=1S/C25H20Cl2FNO5/c1-32-13-17-12-29(21-3-2-4-23(24(17)21)34-25(30)31)11-16-9-18(26)7-8-22(16)33-14-15-5-6-19(27)10-20(15)28/h2-10,12H,11,13-14H2,1H3,(H,30,31). The van der Waals surface area contributed by atoms with Gasteiger partial charge in [-0.25, -0.2) is 9.18 Å². The molecule has 1 heterocycles. The van der Waals surface area contributed by atoms with Crippen LogP contribution < -0.4 is 9.47 Å². The lowest BCUT2D eigenvalue weighted by molar-refractivity contribution is 0.145. The zero-order chi connectivity index (χ0) is 24.2. The molecule has 0 aliphatic carbocycles. The maximum absolute atomic E-state index is 14.2. The van der Waals surface area contributed by atoms with Gasteiger partial charge in [0, 0.05) is 45.4 Å². The Morgan fingerprint density at radius 2 is 1.74 bits per heavy atom. The number of fused-ring (bicyclic) bond motifs is 1. The van der Waals surface area contributed by atoms with E-state index in [0.29, 0.717) is 33.3 Å². The first-order valence-corrected chi connectivity index (χ1v) is 11.0. The summed E-state index contributed by atoms with van der Waals surface area (Å²) < 4.78 is 32.3. The maximum Gasteiger partial charge on any atom is 0.511 e. The second kappa shape index (κ2) is 10.3. The molecule has 3 aromatic carbocycles. The second-order valence-corrected chi connectivity index (χ2v) is 8.38. The van der Waals surface area contributed by atoms with Crippen LogP contribution in [0.15, 0.2) is 60.8 Å². The molecule has 1 aromatic heterocycles. The summed E-state index contributed by atoms with van der Waals surface area (Å²) in [6.07, 6.45) is 0.468. The van der Waals surface area contributed by atoms with Crippen LogP contribution in [-0.2, 0) is 24.5 Å². The van der Waals surface area contributed by atoms with Gasteiger partial charge in [-0.1, -0.05) is 35.3 Å². The van der Waals surface area contributed by atoms with Crippen LogP contribution in [0.25, 0.3) is 10.9 Å². The molecule has 0 fully saturated rings. The number of rotatable bonds is 8. The fraction of sp³-hybridized carbons (Fsp3) is 0.160. The van der Waals surface area contributed by atoms with Crippen molar-refractivity contribution in [2.45, 2.75) is 19.8 Å². The molecule has 1 N–H and O–H groups in total. The monoisotopic (exact) mass is 503 g/mol. The van der Waals surface area contributed by atoms with Gasteiger partial charge in [-0.3, -0.25) is 0 Å². The molecule has 176 valence electrons. The van der Waals surface area contributed by atoms with Crippen molar-refractivity contribution in [2.75, 3.05) is 7.11 Å². The summed E-state index contributed by atoms with van der Waals surface area (Å²) in [7, 11) is 1.56. The number of benzene rings is 3. The van der Waals surface area contributed by atoms with Crippen molar-refractivity contribution in [1.29, 1.82) is 0 Å². The van der Waals surface area contributed by atoms with Gasteiger partial charge in [-0.15, -0.1) is 0 Å². The van der Waals surface area contributed by atoms with E-state index in [1.165, 1.54) is 6.07 Å². The highest BCUT2D eigenvalue weighted by molar-refractivity contribution is 6.30. The van der Waals surface area contributed by atoms with Gasteiger partial charge in [0.2, 0.25) is 0 Å². The Labute approximate surface area is 205 Å². The number of carboxylic acid groups (broad SMARTS) is 1. The van der Waals surface area contributed by atoms with Crippen molar-refractivity contribution < 1.29 is 28.5 Å². The highest BCUT2D eigenvalue weighted by Gasteiger charge is 2.17. The topological polar surface area (TPSA) is 69.9 Å². The van der Waals surface area contributed by atoms with Crippen LogP contribution in [0, 0.1) is 5.82 Å². The van der Waals surface area contributed by atoms with Crippen molar-refractivity contribution in [3.8, 4) is 11.5 Å². The minimum Gasteiger partial charge on any atom is -0.488 e. The van der Waals surface area contributed by atoms with Crippen LogP contribution in [0.5, 0.6) is 11.5 Å². The fourth-order valence-electron chi connectivity index (χ4n) is 3.77. The molecule has 0 radical (unpaired) electrons. The fourth-order valence-corrected chi connectivity index (χ4v) is 4.12. The van der Waals surface area contributed by atoms with Gasteiger partial charge in [0.15, 0.2) is 0 Å². The van der Waals surface area contributed by atoms with E-state index < -0.39 is 12.0 Å². The highest BCUT2D eigenvalue weighted by Crippen LogP contribution is 2.33. The number of ether oxygens (including phenoxy) is 3. The van der Waals surface area contributed by atoms with Gasteiger partial charge in [-0.2, -0.15) is 0 Å². The molecule has 0 aliphatic heterocycles. The zero-order valence-electron chi connectivity index (χ0n) is 18.1. The normalized spacial score (nSPS) is 11.1. The molecular formula is C25H20Cl2FNO5. The third-order valence-corrected chi connectivity index (χ3v) is 5.68. The Balaban J connectivity index is 1.69. The SMILES string of the molecule is COCc1cn(Cc2cc(Cl)ccc2OCc2ccc(Cl)cc2F)c2cccc(OC(=O)O)c12. The van der Waals surface area contributed by atoms with E-state index in [9.17, 15) is 9.18 Å². The Morgan fingerprint density at radius 1 is 0.971 bits per heavy atom. The number of halogens is 3. The summed E-state index contributed by atoms with van der Waals surface area (Å²) in [5.41, 5.74) is 2.64. The van der Waals surface area contributed by atoms with E-state index in [0.717, 1.165) is 16.6 Å². The Hall–Kier alpha value is -3.26. The lowest BCUT2D eigenvalue weighted by Crippen LogP contribution is -2.05. The van der Waals surface area contributed by atoms with E-state index in [1.54, 1.807) is 49.6 Å². The van der Waals surface area contributed by atoms with Crippen molar-refractivity contribution in [1.82, 2.24) is 4.57 Å². The molecule has 0 amide bonds. The van der Waals surface area contributed by atoms with Gasteiger partial charge in [-0.05, 0) is 42.5 Å². The minimum absolute atomic E-state index is 0.00951. The number of methoxy groups -OCH3 is 1. The lowest BCUT2D eigenvalue weighted by atomic mass is 10.1. The van der Waals surface area contributed by atoms with Crippen LogP contribution in [0.4, 0.5) is 9.18 Å². The molecule has 0 spiro atoms. The molecule has 34 heavy (non-hydrogen) atoms. The summed E-state index contributed by atoms with van der Waals surface area (Å²) in [5, 5.41) is 10.6. The number of aromatic nitrogens is 1. The van der Waals surface area contributed by atoms with Crippen molar-refractivity contribution in [3.05, 3.63) is 93.3 Å². The molecule has 0 atom stereocenters. The number of hydrogen-bond donors (Lipinski definition) is 1.